The Morgan fingerprint density at radius 3 is 2.09 bits per heavy atom. The Morgan fingerprint density at radius 1 is 0.826 bits per heavy atom. The molecule has 1 aliphatic rings. The van der Waals surface area contributed by atoms with Crippen molar-refractivity contribution >= 4 is 17.7 Å². The Hall–Kier alpha value is -2.95. The van der Waals surface area contributed by atoms with Crippen LogP contribution in [0.2, 0.25) is 0 Å². The van der Waals surface area contributed by atoms with Gasteiger partial charge in [-0.05, 0) is 17.7 Å². The Bertz CT molecular complexity index is 728. The number of hydrogen-bond donors (Lipinski definition) is 0. The fourth-order valence-electron chi connectivity index (χ4n) is 2.53. The van der Waals surface area contributed by atoms with E-state index < -0.39 is 5.91 Å². The lowest BCUT2D eigenvalue weighted by Gasteiger charge is -2.32. The molecule has 0 aromatic heterocycles. The normalized spacial score (nSPS) is 15.0. The number of benzene rings is 2. The van der Waals surface area contributed by atoms with Gasteiger partial charge in [0.2, 0.25) is 11.8 Å². The van der Waals surface area contributed by atoms with Crippen LogP contribution in [0.15, 0.2) is 60.7 Å². The van der Waals surface area contributed by atoms with Gasteiger partial charge in [0.25, 0.3) is 5.91 Å². The zero-order valence-electron chi connectivity index (χ0n) is 12.5. The van der Waals surface area contributed by atoms with Crippen molar-refractivity contribution in [3.8, 4) is 0 Å². The summed E-state index contributed by atoms with van der Waals surface area (Å²) in [5.74, 6) is -1.00. The Labute approximate surface area is 134 Å². The highest BCUT2D eigenvalue weighted by Gasteiger charge is 2.34. The molecule has 116 valence electrons. The maximum Gasteiger partial charge on any atom is 0.260 e. The van der Waals surface area contributed by atoms with Gasteiger partial charge in [-0.15, -0.1) is 0 Å². The monoisotopic (exact) mass is 308 g/mol. The van der Waals surface area contributed by atoms with Gasteiger partial charge >= 0.3 is 0 Å². The quantitative estimate of drug-likeness (QED) is 0.811. The molecular weight excluding hydrogens is 292 g/mol. The van der Waals surface area contributed by atoms with Gasteiger partial charge in [0.15, 0.2) is 0 Å². The van der Waals surface area contributed by atoms with Crippen molar-refractivity contribution < 1.29 is 14.4 Å². The molecule has 1 saturated heterocycles. The van der Waals surface area contributed by atoms with Gasteiger partial charge in [0, 0.05) is 12.1 Å². The van der Waals surface area contributed by atoms with Crippen molar-refractivity contribution in [3.05, 3.63) is 71.8 Å². The summed E-state index contributed by atoms with van der Waals surface area (Å²) in [6.07, 6.45) is 0. The van der Waals surface area contributed by atoms with E-state index in [1.807, 2.05) is 30.3 Å². The summed E-state index contributed by atoms with van der Waals surface area (Å²) in [4.78, 5) is 39.4. The zero-order valence-corrected chi connectivity index (χ0v) is 12.5. The van der Waals surface area contributed by atoms with Crippen LogP contribution in [0, 0.1) is 0 Å². The highest BCUT2D eigenvalue weighted by Crippen LogP contribution is 2.13. The number of piperazine rings is 1. The molecule has 3 rings (SSSR count). The predicted octanol–water partition coefficient (Wildman–Crippen LogP) is 1.70. The van der Waals surface area contributed by atoms with E-state index in [2.05, 4.69) is 0 Å². The van der Waals surface area contributed by atoms with Crippen LogP contribution in [-0.4, -0.2) is 40.6 Å². The van der Waals surface area contributed by atoms with Crippen LogP contribution in [0.4, 0.5) is 0 Å². The average Bonchev–Trinajstić information content (AvgIpc) is 2.59. The van der Waals surface area contributed by atoms with Crippen molar-refractivity contribution in [1.29, 1.82) is 0 Å². The second-order valence-electron chi connectivity index (χ2n) is 5.39. The molecule has 3 amide bonds. The molecule has 23 heavy (non-hydrogen) atoms. The summed E-state index contributed by atoms with van der Waals surface area (Å²) < 4.78 is 0. The minimum atomic E-state index is -0.427. The number of hydrogen-bond acceptors (Lipinski definition) is 3. The molecule has 0 saturated carbocycles. The molecule has 5 nitrogen and oxygen atoms in total. The molecule has 0 aliphatic carbocycles. The summed E-state index contributed by atoms with van der Waals surface area (Å²) in [5, 5.41) is 0. The minimum Gasteiger partial charge on any atom is -0.327 e. The van der Waals surface area contributed by atoms with E-state index in [1.165, 1.54) is 4.90 Å². The standard InChI is InChI=1S/C18H16N2O3/c21-16-13-20(18(23)15-9-5-2-6-10-15)17(22)12-19(16)11-14-7-3-1-4-8-14/h1-10H,11-13H2. The van der Waals surface area contributed by atoms with Crippen LogP contribution in [0.25, 0.3) is 0 Å². The fourth-order valence-corrected chi connectivity index (χ4v) is 2.53. The van der Waals surface area contributed by atoms with Crippen LogP contribution < -0.4 is 0 Å². The van der Waals surface area contributed by atoms with E-state index in [0.717, 1.165) is 10.5 Å². The van der Waals surface area contributed by atoms with E-state index >= 15 is 0 Å². The second-order valence-corrected chi connectivity index (χ2v) is 5.39. The third-order valence-corrected chi connectivity index (χ3v) is 3.76. The lowest BCUT2D eigenvalue weighted by Crippen LogP contribution is -2.55. The highest BCUT2D eigenvalue weighted by atomic mass is 16.2. The third kappa shape index (κ3) is 3.29. The van der Waals surface area contributed by atoms with Crippen LogP contribution in [-0.2, 0) is 16.1 Å². The van der Waals surface area contributed by atoms with Crippen molar-refractivity contribution in [3.63, 3.8) is 0 Å². The van der Waals surface area contributed by atoms with Gasteiger partial charge in [-0.25, -0.2) is 0 Å². The van der Waals surface area contributed by atoms with Crippen molar-refractivity contribution in [2.75, 3.05) is 13.1 Å². The van der Waals surface area contributed by atoms with Crippen LogP contribution in [0.3, 0.4) is 0 Å². The summed E-state index contributed by atoms with van der Waals surface area (Å²) >= 11 is 0. The largest absolute Gasteiger partial charge is 0.327 e. The average molecular weight is 308 g/mol. The molecule has 0 bridgehead atoms. The lowest BCUT2D eigenvalue weighted by molar-refractivity contribution is -0.148. The first-order valence-corrected chi connectivity index (χ1v) is 7.36. The number of nitrogens with zero attached hydrogens (tertiary/aromatic N) is 2. The number of rotatable bonds is 3. The maximum atomic E-state index is 12.4. The molecular formula is C18H16N2O3. The summed E-state index contributed by atoms with van der Waals surface area (Å²) in [6, 6.07) is 18.0. The summed E-state index contributed by atoms with van der Waals surface area (Å²) in [7, 11) is 0. The predicted molar refractivity (Wildman–Crippen MR) is 84.3 cm³/mol. The van der Waals surface area contributed by atoms with Crippen LogP contribution in [0.1, 0.15) is 15.9 Å². The minimum absolute atomic E-state index is 0.0771. The molecule has 0 N–H and O–H groups in total. The number of carbonyl (C=O) groups is 3. The highest BCUT2D eigenvalue weighted by molar-refractivity contribution is 6.09. The van der Waals surface area contributed by atoms with E-state index in [4.69, 9.17) is 0 Å². The first kappa shape index (κ1) is 15.0. The van der Waals surface area contributed by atoms with Gasteiger partial charge in [-0.3, -0.25) is 19.3 Å². The first-order valence-electron chi connectivity index (χ1n) is 7.36. The summed E-state index contributed by atoms with van der Waals surface area (Å²) in [5.41, 5.74) is 1.36. The molecule has 2 aromatic carbocycles. The molecule has 5 heteroatoms. The van der Waals surface area contributed by atoms with Gasteiger partial charge in [-0.2, -0.15) is 0 Å². The fraction of sp³-hybridized carbons (Fsp3) is 0.167. The Kier molecular flexibility index (Phi) is 4.19. The Balaban J connectivity index is 1.71. The Morgan fingerprint density at radius 2 is 1.43 bits per heavy atom. The van der Waals surface area contributed by atoms with Gasteiger partial charge in [-0.1, -0.05) is 48.5 Å². The van der Waals surface area contributed by atoms with E-state index in [-0.39, 0.29) is 24.9 Å². The number of carbonyl (C=O) groups excluding carboxylic acids is 3. The van der Waals surface area contributed by atoms with Gasteiger partial charge < -0.3 is 4.90 Å². The SMILES string of the molecule is O=C1CN(C(=O)c2ccccc2)C(=O)CN1Cc1ccccc1. The van der Waals surface area contributed by atoms with Gasteiger partial charge in [0.1, 0.15) is 13.1 Å². The van der Waals surface area contributed by atoms with Crippen LogP contribution >= 0.6 is 0 Å². The molecule has 1 heterocycles. The van der Waals surface area contributed by atoms with E-state index in [0.29, 0.717) is 12.1 Å². The lowest BCUT2D eigenvalue weighted by atomic mass is 10.1. The van der Waals surface area contributed by atoms with Gasteiger partial charge in [0.05, 0.1) is 0 Å². The van der Waals surface area contributed by atoms with Crippen molar-refractivity contribution in [2.24, 2.45) is 0 Å². The molecule has 0 spiro atoms. The first-order chi connectivity index (χ1) is 11.1. The van der Waals surface area contributed by atoms with E-state index in [9.17, 15) is 14.4 Å². The third-order valence-electron chi connectivity index (χ3n) is 3.76. The molecule has 0 atom stereocenters. The van der Waals surface area contributed by atoms with Crippen molar-refractivity contribution in [1.82, 2.24) is 9.80 Å². The second kappa shape index (κ2) is 6.44. The van der Waals surface area contributed by atoms with Crippen molar-refractivity contribution in [2.45, 2.75) is 6.54 Å². The topological polar surface area (TPSA) is 57.7 Å². The molecule has 2 aromatic rings. The smallest absolute Gasteiger partial charge is 0.260 e. The molecule has 1 fully saturated rings. The zero-order chi connectivity index (χ0) is 16.2. The molecule has 0 radical (unpaired) electrons. The number of imide groups is 1. The molecule has 1 aliphatic heterocycles. The maximum absolute atomic E-state index is 12.4. The van der Waals surface area contributed by atoms with E-state index in [1.54, 1.807) is 30.3 Å². The molecule has 0 unspecified atom stereocenters. The summed E-state index contributed by atoms with van der Waals surface area (Å²) in [6.45, 7) is 0.0878. The van der Waals surface area contributed by atoms with Crippen LogP contribution in [0.5, 0.6) is 0 Å². The number of amides is 3.